The second-order valence-corrected chi connectivity index (χ2v) is 8.33. The standard InChI is InChI=1S/C23H27N5O4/c1-14(2)28-20(12-13-24-28)26-22(30)15(3)32-21(29)11-10-19-25-18-7-5-4-6-17(18)23(31)27(19)16-8-9-16/h4-7,12-16H,8-11H2,1-3H3,(H,26,30). The number of nitrogens with one attached hydrogen (secondary N) is 1. The lowest BCUT2D eigenvalue weighted by Gasteiger charge is -2.16. The Kier molecular flexibility index (Phi) is 6.07. The molecule has 168 valence electrons. The second-order valence-electron chi connectivity index (χ2n) is 8.33. The van der Waals surface area contributed by atoms with Gasteiger partial charge in [0.25, 0.3) is 11.5 Å². The maximum absolute atomic E-state index is 12.9. The van der Waals surface area contributed by atoms with Gasteiger partial charge in [0.05, 0.1) is 23.5 Å². The zero-order valence-electron chi connectivity index (χ0n) is 18.4. The summed E-state index contributed by atoms with van der Waals surface area (Å²) in [5.74, 6) is 0.169. The summed E-state index contributed by atoms with van der Waals surface area (Å²) in [6.45, 7) is 5.43. The van der Waals surface area contributed by atoms with E-state index in [0.717, 1.165) is 12.8 Å². The van der Waals surface area contributed by atoms with E-state index in [4.69, 9.17) is 4.74 Å². The minimum absolute atomic E-state index is 0.0268. The Bertz CT molecular complexity index is 1210. The highest BCUT2D eigenvalue weighted by Crippen LogP contribution is 2.35. The first-order valence-electron chi connectivity index (χ1n) is 10.9. The first kappa shape index (κ1) is 21.7. The van der Waals surface area contributed by atoms with Crippen molar-refractivity contribution in [3.05, 3.63) is 52.7 Å². The number of nitrogens with zero attached hydrogens (tertiary/aromatic N) is 4. The molecule has 0 spiro atoms. The SMILES string of the molecule is CC(OC(=O)CCc1nc2ccccc2c(=O)n1C1CC1)C(=O)Nc1ccnn1C(C)C. The van der Waals surface area contributed by atoms with Crippen LogP contribution in [0.1, 0.15) is 57.9 Å². The van der Waals surface area contributed by atoms with E-state index in [2.05, 4.69) is 15.4 Å². The van der Waals surface area contributed by atoms with Gasteiger partial charge in [-0.05, 0) is 45.7 Å². The Labute approximate surface area is 185 Å². The Balaban J connectivity index is 1.40. The normalized spacial score (nSPS) is 14.5. The third kappa shape index (κ3) is 4.56. The Hall–Kier alpha value is -3.49. The van der Waals surface area contributed by atoms with Crippen LogP contribution in [0.15, 0.2) is 41.3 Å². The number of carbonyl (C=O) groups excluding carboxylic acids is 2. The van der Waals surface area contributed by atoms with Crippen LogP contribution in [0.4, 0.5) is 5.82 Å². The molecule has 1 amide bonds. The molecule has 0 saturated heterocycles. The van der Waals surface area contributed by atoms with E-state index in [0.29, 0.717) is 22.5 Å². The summed E-state index contributed by atoms with van der Waals surface area (Å²) in [6, 6.07) is 9.13. The number of para-hydroxylation sites is 1. The van der Waals surface area contributed by atoms with Crippen LogP contribution in [-0.2, 0) is 20.7 Å². The van der Waals surface area contributed by atoms with E-state index < -0.39 is 18.0 Å². The van der Waals surface area contributed by atoms with Crippen molar-refractivity contribution in [2.75, 3.05) is 5.32 Å². The minimum Gasteiger partial charge on any atom is -0.453 e. The first-order chi connectivity index (χ1) is 15.3. The van der Waals surface area contributed by atoms with Crippen molar-refractivity contribution in [2.24, 2.45) is 0 Å². The number of hydrogen-bond acceptors (Lipinski definition) is 6. The first-order valence-corrected chi connectivity index (χ1v) is 10.9. The highest BCUT2D eigenvalue weighted by Gasteiger charge is 2.28. The smallest absolute Gasteiger partial charge is 0.307 e. The zero-order chi connectivity index (χ0) is 22.8. The fraction of sp³-hybridized carbons (Fsp3) is 0.435. The molecule has 3 aromatic rings. The summed E-state index contributed by atoms with van der Waals surface area (Å²) in [5.41, 5.74) is 0.545. The Morgan fingerprint density at radius 1 is 1.19 bits per heavy atom. The summed E-state index contributed by atoms with van der Waals surface area (Å²) in [7, 11) is 0. The van der Waals surface area contributed by atoms with Crippen molar-refractivity contribution in [1.82, 2.24) is 19.3 Å². The maximum Gasteiger partial charge on any atom is 0.307 e. The van der Waals surface area contributed by atoms with Gasteiger partial charge in [-0.1, -0.05) is 12.1 Å². The van der Waals surface area contributed by atoms with Gasteiger partial charge in [-0.2, -0.15) is 5.10 Å². The molecule has 32 heavy (non-hydrogen) atoms. The topological polar surface area (TPSA) is 108 Å². The van der Waals surface area contributed by atoms with E-state index in [1.54, 1.807) is 33.6 Å². The lowest BCUT2D eigenvalue weighted by molar-refractivity contribution is -0.153. The van der Waals surface area contributed by atoms with Crippen LogP contribution >= 0.6 is 0 Å². The summed E-state index contributed by atoms with van der Waals surface area (Å²) in [5, 5.41) is 7.49. The fourth-order valence-electron chi connectivity index (χ4n) is 3.65. The van der Waals surface area contributed by atoms with Gasteiger partial charge < -0.3 is 10.1 Å². The quantitative estimate of drug-likeness (QED) is 0.543. The minimum atomic E-state index is -0.965. The van der Waals surface area contributed by atoms with Crippen molar-refractivity contribution in [3.63, 3.8) is 0 Å². The predicted molar refractivity (Wildman–Crippen MR) is 119 cm³/mol. The molecule has 1 saturated carbocycles. The third-order valence-corrected chi connectivity index (χ3v) is 5.43. The molecule has 1 aliphatic carbocycles. The van der Waals surface area contributed by atoms with Crippen molar-refractivity contribution in [2.45, 2.75) is 64.6 Å². The van der Waals surface area contributed by atoms with Crippen molar-refractivity contribution < 1.29 is 14.3 Å². The van der Waals surface area contributed by atoms with Crippen LogP contribution in [0.5, 0.6) is 0 Å². The van der Waals surface area contributed by atoms with Gasteiger partial charge in [-0.3, -0.25) is 19.0 Å². The highest BCUT2D eigenvalue weighted by molar-refractivity contribution is 5.94. The molecule has 1 N–H and O–H groups in total. The predicted octanol–water partition coefficient (Wildman–Crippen LogP) is 3.01. The number of esters is 1. The molecule has 2 aromatic heterocycles. The highest BCUT2D eigenvalue weighted by atomic mass is 16.5. The lowest BCUT2D eigenvalue weighted by Crippen LogP contribution is -2.31. The molecule has 0 aliphatic heterocycles. The van der Waals surface area contributed by atoms with Crippen molar-refractivity contribution >= 4 is 28.6 Å². The van der Waals surface area contributed by atoms with Crippen LogP contribution < -0.4 is 10.9 Å². The average molecular weight is 438 g/mol. The number of ether oxygens (including phenoxy) is 1. The maximum atomic E-state index is 12.9. The number of amides is 1. The van der Waals surface area contributed by atoms with Crippen LogP contribution in [0.25, 0.3) is 10.9 Å². The van der Waals surface area contributed by atoms with Gasteiger partial charge >= 0.3 is 5.97 Å². The molecule has 1 aliphatic rings. The Morgan fingerprint density at radius 2 is 1.94 bits per heavy atom. The molecular formula is C23H27N5O4. The monoisotopic (exact) mass is 437 g/mol. The van der Waals surface area contributed by atoms with Gasteiger partial charge in [-0.25, -0.2) is 9.67 Å². The van der Waals surface area contributed by atoms with Gasteiger partial charge in [0.1, 0.15) is 11.6 Å². The molecule has 1 unspecified atom stereocenters. The van der Waals surface area contributed by atoms with Crippen LogP contribution in [0.2, 0.25) is 0 Å². The molecule has 4 rings (SSSR count). The number of hydrogen-bond donors (Lipinski definition) is 1. The van der Waals surface area contributed by atoms with E-state index >= 15 is 0 Å². The molecule has 2 heterocycles. The number of aromatic nitrogens is 4. The zero-order valence-corrected chi connectivity index (χ0v) is 18.4. The summed E-state index contributed by atoms with van der Waals surface area (Å²) >= 11 is 0. The van der Waals surface area contributed by atoms with Crippen LogP contribution in [0.3, 0.4) is 0 Å². The van der Waals surface area contributed by atoms with Crippen LogP contribution in [-0.4, -0.2) is 37.3 Å². The third-order valence-electron chi connectivity index (χ3n) is 5.43. The number of rotatable bonds is 8. The number of benzene rings is 1. The molecule has 9 nitrogen and oxygen atoms in total. The lowest BCUT2D eigenvalue weighted by atomic mass is 10.2. The average Bonchev–Trinajstić information content (AvgIpc) is 3.49. The summed E-state index contributed by atoms with van der Waals surface area (Å²) in [4.78, 5) is 42.4. The largest absolute Gasteiger partial charge is 0.453 e. The van der Waals surface area contributed by atoms with E-state index in [1.807, 2.05) is 26.0 Å². The van der Waals surface area contributed by atoms with Gasteiger partial charge in [0.2, 0.25) is 0 Å². The van der Waals surface area contributed by atoms with Crippen molar-refractivity contribution in [1.29, 1.82) is 0 Å². The number of fused-ring (bicyclic) bond motifs is 1. The van der Waals surface area contributed by atoms with Gasteiger partial charge in [-0.15, -0.1) is 0 Å². The van der Waals surface area contributed by atoms with Gasteiger partial charge in [0, 0.05) is 24.6 Å². The summed E-state index contributed by atoms with van der Waals surface area (Å²) < 4.78 is 8.70. The molecular weight excluding hydrogens is 410 g/mol. The van der Waals surface area contributed by atoms with Gasteiger partial charge in [0.15, 0.2) is 6.10 Å². The van der Waals surface area contributed by atoms with E-state index in [1.165, 1.54) is 6.92 Å². The fourth-order valence-corrected chi connectivity index (χ4v) is 3.65. The van der Waals surface area contributed by atoms with E-state index in [9.17, 15) is 14.4 Å². The molecule has 9 heteroatoms. The molecule has 1 fully saturated rings. The number of anilines is 1. The molecule has 1 atom stereocenters. The van der Waals surface area contributed by atoms with Crippen molar-refractivity contribution in [3.8, 4) is 0 Å². The Morgan fingerprint density at radius 3 is 2.66 bits per heavy atom. The number of aryl methyl sites for hydroxylation is 1. The molecule has 0 radical (unpaired) electrons. The number of carbonyl (C=O) groups is 2. The summed E-state index contributed by atoms with van der Waals surface area (Å²) in [6.07, 6.45) is 2.79. The van der Waals surface area contributed by atoms with Crippen LogP contribution in [0, 0.1) is 0 Å². The second kappa shape index (κ2) is 8.94. The molecule has 1 aromatic carbocycles. The molecule has 0 bridgehead atoms. The van der Waals surface area contributed by atoms with E-state index in [-0.39, 0.29) is 30.5 Å².